The van der Waals surface area contributed by atoms with Crippen LogP contribution in [-0.2, 0) is 19.3 Å². The van der Waals surface area contributed by atoms with E-state index in [9.17, 15) is 14.4 Å². The van der Waals surface area contributed by atoms with E-state index in [0.717, 1.165) is 22.4 Å². The average Bonchev–Trinajstić information content (AvgIpc) is 3.28. The lowest BCUT2D eigenvalue weighted by Crippen LogP contribution is -2.50. The summed E-state index contributed by atoms with van der Waals surface area (Å²) in [5, 5.41) is 2.94. The Kier molecular flexibility index (Phi) is 5.21. The Hall–Kier alpha value is -3.58. The van der Waals surface area contributed by atoms with E-state index in [2.05, 4.69) is 5.32 Å². The Balaban J connectivity index is 1.51. The van der Waals surface area contributed by atoms with Crippen LogP contribution in [0.4, 0.5) is 17.1 Å². The Labute approximate surface area is 196 Å². The summed E-state index contributed by atoms with van der Waals surface area (Å²) in [5.74, 6) is -0.502. The van der Waals surface area contributed by atoms with Crippen LogP contribution in [0, 0.1) is 13.8 Å². The number of amides is 3. The molecule has 1 spiro atoms. The fraction of sp³-hybridized carbons (Fsp3) is 0.192. The third-order valence-corrected chi connectivity index (χ3v) is 7.43. The van der Waals surface area contributed by atoms with Gasteiger partial charge >= 0.3 is 0 Å². The van der Waals surface area contributed by atoms with E-state index in [1.165, 1.54) is 16.7 Å². The molecule has 33 heavy (non-hydrogen) atoms. The van der Waals surface area contributed by atoms with Gasteiger partial charge in [0, 0.05) is 16.9 Å². The standard InChI is InChI=1S/C26H23N3O3S/c1-17-12-13-18(2)21(14-17)27-23(30)15-28-22-11-7-6-10-20(22)26(25(28)32)29(24(31)16-33-26)19-8-4-3-5-9-19/h3-14H,15-16H2,1-2H3,(H,27,30)/t26-/m1/s1. The second-order valence-corrected chi connectivity index (χ2v) is 9.44. The van der Waals surface area contributed by atoms with Gasteiger partial charge in [-0.05, 0) is 49.2 Å². The third-order valence-electron chi connectivity index (χ3n) is 6.05. The Morgan fingerprint density at radius 1 is 1.00 bits per heavy atom. The molecule has 3 amide bonds. The van der Waals surface area contributed by atoms with Gasteiger partial charge in [-0.25, -0.2) is 0 Å². The lowest BCUT2D eigenvalue weighted by molar-refractivity contribution is -0.124. The summed E-state index contributed by atoms with van der Waals surface area (Å²) in [6, 6.07) is 22.5. The molecule has 2 aliphatic heterocycles. The summed E-state index contributed by atoms with van der Waals surface area (Å²) in [5.41, 5.74) is 4.77. The van der Waals surface area contributed by atoms with Crippen LogP contribution in [0.1, 0.15) is 16.7 Å². The van der Waals surface area contributed by atoms with Crippen molar-refractivity contribution in [2.75, 3.05) is 27.4 Å². The van der Waals surface area contributed by atoms with Crippen molar-refractivity contribution in [1.29, 1.82) is 0 Å². The molecule has 1 N–H and O–H groups in total. The number of rotatable bonds is 4. The maximum absolute atomic E-state index is 14.0. The van der Waals surface area contributed by atoms with Crippen LogP contribution in [0.25, 0.3) is 0 Å². The number of nitrogens with zero attached hydrogens (tertiary/aromatic N) is 2. The normalized spacial score (nSPS) is 19.3. The topological polar surface area (TPSA) is 69.7 Å². The number of carbonyl (C=O) groups is 3. The summed E-state index contributed by atoms with van der Waals surface area (Å²) in [6.07, 6.45) is 0. The second kappa shape index (κ2) is 8.08. The lowest BCUT2D eigenvalue weighted by Gasteiger charge is -2.33. The van der Waals surface area contributed by atoms with Crippen molar-refractivity contribution in [3.8, 4) is 0 Å². The summed E-state index contributed by atoms with van der Waals surface area (Å²) in [6.45, 7) is 3.76. The van der Waals surface area contributed by atoms with Gasteiger partial charge in [0.15, 0.2) is 0 Å². The van der Waals surface area contributed by atoms with Gasteiger partial charge in [-0.1, -0.05) is 48.5 Å². The summed E-state index contributed by atoms with van der Waals surface area (Å²) in [4.78, 5) is 41.8. The molecule has 3 aromatic rings. The van der Waals surface area contributed by atoms with Crippen LogP contribution < -0.4 is 15.1 Å². The van der Waals surface area contributed by atoms with E-state index in [4.69, 9.17) is 0 Å². The first-order valence-corrected chi connectivity index (χ1v) is 11.7. The van der Waals surface area contributed by atoms with E-state index in [0.29, 0.717) is 11.4 Å². The van der Waals surface area contributed by atoms with Crippen LogP contribution in [-0.4, -0.2) is 30.0 Å². The van der Waals surface area contributed by atoms with Gasteiger partial charge in [-0.15, -0.1) is 11.8 Å². The van der Waals surface area contributed by atoms with Crippen molar-refractivity contribution in [3.63, 3.8) is 0 Å². The Morgan fingerprint density at radius 2 is 1.73 bits per heavy atom. The zero-order valence-corrected chi connectivity index (χ0v) is 19.2. The number of nitrogens with one attached hydrogen (secondary N) is 1. The predicted molar refractivity (Wildman–Crippen MR) is 131 cm³/mol. The van der Waals surface area contributed by atoms with Gasteiger partial charge in [-0.3, -0.25) is 24.2 Å². The van der Waals surface area contributed by atoms with Gasteiger partial charge in [0.25, 0.3) is 5.91 Å². The fourth-order valence-electron chi connectivity index (χ4n) is 4.49. The monoisotopic (exact) mass is 457 g/mol. The second-order valence-electron chi connectivity index (χ2n) is 8.27. The first-order valence-electron chi connectivity index (χ1n) is 10.7. The quantitative estimate of drug-likeness (QED) is 0.637. The van der Waals surface area contributed by atoms with Crippen LogP contribution in [0.2, 0.25) is 0 Å². The lowest BCUT2D eigenvalue weighted by atomic mass is 10.0. The number of carbonyl (C=O) groups excluding carboxylic acids is 3. The molecule has 0 saturated carbocycles. The molecule has 0 radical (unpaired) electrons. The minimum atomic E-state index is -1.21. The van der Waals surface area contributed by atoms with Crippen LogP contribution in [0.5, 0.6) is 0 Å². The molecular formula is C26H23N3O3S. The number of thioether (sulfide) groups is 1. The molecule has 0 bridgehead atoms. The first-order chi connectivity index (χ1) is 15.9. The van der Waals surface area contributed by atoms with Crippen molar-refractivity contribution >= 4 is 46.5 Å². The van der Waals surface area contributed by atoms with Crippen molar-refractivity contribution in [3.05, 3.63) is 89.5 Å². The van der Waals surface area contributed by atoms with E-state index >= 15 is 0 Å². The molecular weight excluding hydrogens is 434 g/mol. The third kappa shape index (κ3) is 3.40. The maximum Gasteiger partial charge on any atom is 0.269 e. The number of benzene rings is 3. The molecule has 0 aliphatic carbocycles. The van der Waals surface area contributed by atoms with Gasteiger partial charge in [0.2, 0.25) is 16.7 Å². The molecule has 0 unspecified atom stereocenters. The molecule has 1 saturated heterocycles. The van der Waals surface area contributed by atoms with Gasteiger partial charge < -0.3 is 5.32 Å². The molecule has 7 heteroatoms. The fourth-order valence-corrected chi connectivity index (χ4v) is 5.85. The highest BCUT2D eigenvalue weighted by Gasteiger charge is 2.61. The number of aryl methyl sites for hydroxylation is 2. The zero-order chi connectivity index (χ0) is 23.2. The molecule has 5 rings (SSSR count). The molecule has 1 atom stereocenters. The Morgan fingerprint density at radius 3 is 2.52 bits per heavy atom. The van der Waals surface area contributed by atoms with E-state index in [-0.39, 0.29) is 30.0 Å². The van der Waals surface area contributed by atoms with E-state index < -0.39 is 4.87 Å². The minimum Gasteiger partial charge on any atom is -0.324 e. The van der Waals surface area contributed by atoms with Gasteiger partial charge in [0.05, 0.1) is 11.4 Å². The highest BCUT2D eigenvalue weighted by molar-refractivity contribution is 8.02. The molecule has 0 aromatic heterocycles. The Bertz CT molecular complexity index is 1280. The maximum atomic E-state index is 14.0. The molecule has 166 valence electrons. The summed E-state index contributed by atoms with van der Waals surface area (Å²) in [7, 11) is 0. The van der Waals surface area contributed by atoms with Crippen LogP contribution in [0.3, 0.4) is 0 Å². The first kappa shape index (κ1) is 21.3. The van der Waals surface area contributed by atoms with Crippen molar-refractivity contribution in [2.24, 2.45) is 0 Å². The summed E-state index contributed by atoms with van der Waals surface area (Å²) < 4.78 is 0. The van der Waals surface area contributed by atoms with E-state index in [1.54, 1.807) is 4.90 Å². The van der Waals surface area contributed by atoms with Crippen molar-refractivity contribution < 1.29 is 14.4 Å². The van der Waals surface area contributed by atoms with E-state index in [1.807, 2.05) is 86.6 Å². The summed E-state index contributed by atoms with van der Waals surface area (Å²) >= 11 is 1.31. The number of hydrogen-bond acceptors (Lipinski definition) is 4. The number of anilines is 3. The van der Waals surface area contributed by atoms with Crippen molar-refractivity contribution in [2.45, 2.75) is 18.7 Å². The minimum absolute atomic E-state index is 0.129. The zero-order valence-electron chi connectivity index (χ0n) is 18.4. The van der Waals surface area contributed by atoms with Gasteiger partial charge in [0.1, 0.15) is 6.54 Å². The van der Waals surface area contributed by atoms with Crippen LogP contribution in [0.15, 0.2) is 72.8 Å². The molecule has 3 aromatic carbocycles. The number of hydrogen-bond donors (Lipinski definition) is 1. The molecule has 1 fully saturated rings. The molecule has 2 heterocycles. The van der Waals surface area contributed by atoms with Crippen molar-refractivity contribution in [1.82, 2.24) is 0 Å². The number of para-hydroxylation sites is 2. The smallest absolute Gasteiger partial charge is 0.269 e. The number of fused-ring (bicyclic) bond motifs is 2. The molecule has 6 nitrogen and oxygen atoms in total. The average molecular weight is 458 g/mol. The molecule has 2 aliphatic rings. The highest BCUT2D eigenvalue weighted by Crippen LogP contribution is 2.55. The predicted octanol–water partition coefficient (Wildman–Crippen LogP) is 4.22. The SMILES string of the molecule is Cc1ccc(C)c(NC(=O)CN2C(=O)[C@]3(SCC(=O)N3c3ccccc3)c3ccccc32)c1. The van der Waals surface area contributed by atoms with Gasteiger partial charge in [-0.2, -0.15) is 0 Å². The highest BCUT2D eigenvalue weighted by atomic mass is 32.2. The van der Waals surface area contributed by atoms with Crippen LogP contribution >= 0.6 is 11.8 Å². The largest absolute Gasteiger partial charge is 0.324 e.